The van der Waals surface area contributed by atoms with E-state index in [1.807, 2.05) is 12.1 Å². The predicted molar refractivity (Wildman–Crippen MR) is 117 cm³/mol. The van der Waals surface area contributed by atoms with Gasteiger partial charge in [0.2, 0.25) is 5.91 Å². The normalized spacial score (nSPS) is 15.2. The average molecular weight is 425 g/mol. The number of thioether (sulfide) groups is 1. The van der Waals surface area contributed by atoms with Crippen LogP contribution in [0.5, 0.6) is 0 Å². The van der Waals surface area contributed by atoms with Gasteiger partial charge in [-0.1, -0.05) is 18.2 Å². The lowest BCUT2D eigenvalue weighted by Crippen LogP contribution is -2.27. The van der Waals surface area contributed by atoms with Crippen molar-refractivity contribution in [3.63, 3.8) is 0 Å². The molecule has 1 saturated heterocycles. The summed E-state index contributed by atoms with van der Waals surface area (Å²) in [7, 11) is 0. The van der Waals surface area contributed by atoms with Crippen LogP contribution in [-0.4, -0.2) is 36.7 Å². The van der Waals surface area contributed by atoms with Crippen LogP contribution in [0.3, 0.4) is 0 Å². The third-order valence-corrected chi connectivity index (χ3v) is 6.30. The van der Waals surface area contributed by atoms with Gasteiger partial charge in [-0.2, -0.15) is 0 Å². The van der Waals surface area contributed by atoms with Gasteiger partial charge in [-0.05, 0) is 61.1 Å². The first-order valence-electron chi connectivity index (χ1n) is 10.2. The van der Waals surface area contributed by atoms with Crippen LogP contribution in [0.2, 0.25) is 0 Å². The number of carbonyl (C=O) groups excluding carboxylic acids is 3. The van der Waals surface area contributed by atoms with Gasteiger partial charge in [-0.3, -0.25) is 14.4 Å². The van der Waals surface area contributed by atoms with E-state index in [4.69, 9.17) is 4.74 Å². The minimum atomic E-state index is -0.432. The molecule has 2 aliphatic rings. The SMILES string of the molecule is O=C(COC(=O)CSc1ccc2c(c1)CCC2)Nc1ccccc1N1CCCC1=O. The van der Waals surface area contributed by atoms with Gasteiger partial charge in [0.15, 0.2) is 6.61 Å². The summed E-state index contributed by atoms with van der Waals surface area (Å²) in [6.45, 7) is 0.284. The van der Waals surface area contributed by atoms with E-state index >= 15 is 0 Å². The largest absolute Gasteiger partial charge is 0.455 e. The second-order valence-corrected chi connectivity index (χ2v) is 8.50. The van der Waals surface area contributed by atoms with Crippen LogP contribution in [0.25, 0.3) is 0 Å². The molecule has 0 spiro atoms. The number of para-hydroxylation sites is 2. The molecule has 0 unspecified atom stereocenters. The Bertz CT molecular complexity index is 975. The molecule has 1 aliphatic heterocycles. The van der Waals surface area contributed by atoms with E-state index in [2.05, 4.69) is 17.4 Å². The van der Waals surface area contributed by atoms with Gasteiger partial charge in [0.25, 0.3) is 5.91 Å². The Kier molecular flexibility index (Phi) is 6.38. The Labute approximate surface area is 180 Å². The number of aryl methyl sites for hydroxylation is 2. The summed E-state index contributed by atoms with van der Waals surface area (Å²) in [4.78, 5) is 39.1. The van der Waals surface area contributed by atoms with Crippen molar-refractivity contribution in [1.29, 1.82) is 0 Å². The van der Waals surface area contributed by atoms with Crippen molar-refractivity contribution in [3.05, 3.63) is 53.6 Å². The number of rotatable bonds is 7. The molecular formula is C23H24N2O4S. The lowest BCUT2D eigenvalue weighted by molar-refractivity contribution is -0.144. The zero-order chi connectivity index (χ0) is 20.9. The van der Waals surface area contributed by atoms with Crippen molar-refractivity contribution in [2.24, 2.45) is 0 Å². The molecule has 2 aromatic carbocycles. The first kappa shape index (κ1) is 20.5. The highest BCUT2D eigenvalue weighted by molar-refractivity contribution is 8.00. The van der Waals surface area contributed by atoms with Gasteiger partial charge in [0.1, 0.15) is 0 Å². The minimum Gasteiger partial charge on any atom is -0.455 e. The number of hydrogen-bond donors (Lipinski definition) is 1. The number of amides is 2. The van der Waals surface area contributed by atoms with Crippen molar-refractivity contribution in [3.8, 4) is 0 Å². The summed E-state index contributed by atoms with van der Waals surface area (Å²) in [5.41, 5.74) is 3.98. The minimum absolute atomic E-state index is 0.0479. The molecular weight excluding hydrogens is 400 g/mol. The first-order chi connectivity index (χ1) is 14.6. The Hall–Kier alpha value is -2.80. The highest BCUT2D eigenvalue weighted by Crippen LogP contribution is 2.29. The van der Waals surface area contributed by atoms with Gasteiger partial charge in [0.05, 0.1) is 17.1 Å². The Morgan fingerprint density at radius 2 is 1.87 bits per heavy atom. The summed E-state index contributed by atoms with van der Waals surface area (Å²) in [6, 6.07) is 13.5. The van der Waals surface area contributed by atoms with E-state index in [1.54, 1.807) is 23.1 Å². The van der Waals surface area contributed by atoms with Crippen LogP contribution in [0.1, 0.15) is 30.4 Å². The molecule has 0 radical (unpaired) electrons. The summed E-state index contributed by atoms with van der Waals surface area (Å²) in [5, 5.41) is 2.75. The number of carbonyl (C=O) groups is 3. The second-order valence-electron chi connectivity index (χ2n) is 7.45. The Balaban J connectivity index is 1.26. The van der Waals surface area contributed by atoms with E-state index in [-0.39, 0.29) is 18.3 Å². The molecule has 0 bridgehead atoms. The molecule has 1 N–H and O–H groups in total. The second kappa shape index (κ2) is 9.34. The Morgan fingerprint density at radius 3 is 2.70 bits per heavy atom. The summed E-state index contributed by atoms with van der Waals surface area (Å²) < 4.78 is 5.12. The van der Waals surface area contributed by atoms with E-state index in [1.165, 1.54) is 29.3 Å². The molecule has 4 rings (SSSR count). The van der Waals surface area contributed by atoms with Crippen molar-refractivity contribution in [2.75, 3.05) is 29.1 Å². The maximum Gasteiger partial charge on any atom is 0.316 e. The first-order valence-corrected chi connectivity index (χ1v) is 11.2. The summed E-state index contributed by atoms with van der Waals surface area (Å²) >= 11 is 1.42. The quantitative estimate of drug-likeness (QED) is 0.543. The van der Waals surface area contributed by atoms with Crippen LogP contribution in [0.4, 0.5) is 11.4 Å². The number of nitrogens with zero attached hydrogens (tertiary/aromatic N) is 1. The molecule has 156 valence electrons. The number of anilines is 2. The molecule has 7 heteroatoms. The third kappa shape index (κ3) is 4.84. The van der Waals surface area contributed by atoms with Crippen molar-refractivity contribution >= 4 is 40.9 Å². The molecule has 1 aliphatic carbocycles. The molecule has 1 fully saturated rings. The summed E-state index contributed by atoms with van der Waals surface area (Å²) in [5.74, 6) is -0.652. The van der Waals surface area contributed by atoms with E-state index in [9.17, 15) is 14.4 Å². The molecule has 0 atom stereocenters. The van der Waals surface area contributed by atoms with Gasteiger partial charge >= 0.3 is 5.97 Å². The zero-order valence-electron chi connectivity index (χ0n) is 16.7. The number of hydrogen-bond acceptors (Lipinski definition) is 5. The van der Waals surface area contributed by atoms with E-state index < -0.39 is 11.9 Å². The van der Waals surface area contributed by atoms with Crippen molar-refractivity contribution < 1.29 is 19.1 Å². The fourth-order valence-electron chi connectivity index (χ4n) is 3.87. The molecule has 2 aromatic rings. The molecule has 0 saturated carbocycles. The van der Waals surface area contributed by atoms with Gasteiger partial charge in [0, 0.05) is 17.9 Å². The van der Waals surface area contributed by atoms with E-state index in [0.29, 0.717) is 24.3 Å². The number of esters is 1. The number of benzene rings is 2. The maximum atomic E-state index is 12.3. The molecule has 6 nitrogen and oxygen atoms in total. The van der Waals surface area contributed by atoms with Crippen LogP contribution in [-0.2, 0) is 32.0 Å². The number of ether oxygens (including phenoxy) is 1. The van der Waals surface area contributed by atoms with Crippen molar-refractivity contribution in [1.82, 2.24) is 0 Å². The molecule has 1 heterocycles. The molecule has 0 aromatic heterocycles. The smallest absolute Gasteiger partial charge is 0.316 e. The molecule has 2 amide bonds. The lowest BCUT2D eigenvalue weighted by Gasteiger charge is -2.19. The third-order valence-electron chi connectivity index (χ3n) is 5.33. The Morgan fingerprint density at radius 1 is 1.03 bits per heavy atom. The standard InChI is InChI=1S/C23H24N2O4S/c26-21(24-19-7-1-2-8-20(19)25-12-4-9-22(25)27)14-29-23(28)15-30-18-11-10-16-5-3-6-17(16)13-18/h1-2,7-8,10-11,13H,3-6,9,12,14-15H2,(H,24,26). The fourth-order valence-corrected chi connectivity index (χ4v) is 4.63. The van der Waals surface area contributed by atoms with Crippen molar-refractivity contribution in [2.45, 2.75) is 37.0 Å². The topological polar surface area (TPSA) is 75.7 Å². The maximum absolute atomic E-state index is 12.3. The number of fused-ring (bicyclic) bond motifs is 1. The predicted octanol–water partition coefficient (Wildman–Crippen LogP) is 3.58. The average Bonchev–Trinajstić information content (AvgIpc) is 3.39. The highest BCUT2D eigenvalue weighted by Gasteiger charge is 2.24. The van der Waals surface area contributed by atoms with Crippen LogP contribution in [0, 0.1) is 0 Å². The van der Waals surface area contributed by atoms with Crippen LogP contribution in [0.15, 0.2) is 47.4 Å². The van der Waals surface area contributed by atoms with E-state index in [0.717, 1.165) is 24.2 Å². The fraction of sp³-hybridized carbons (Fsp3) is 0.348. The highest BCUT2D eigenvalue weighted by atomic mass is 32.2. The monoisotopic (exact) mass is 424 g/mol. The van der Waals surface area contributed by atoms with Crippen LogP contribution >= 0.6 is 11.8 Å². The number of nitrogens with one attached hydrogen (secondary N) is 1. The van der Waals surface area contributed by atoms with Gasteiger partial charge in [-0.25, -0.2) is 0 Å². The lowest BCUT2D eigenvalue weighted by atomic mass is 10.1. The zero-order valence-corrected chi connectivity index (χ0v) is 17.5. The molecule has 30 heavy (non-hydrogen) atoms. The summed E-state index contributed by atoms with van der Waals surface area (Å²) in [6.07, 6.45) is 4.74. The van der Waals surface area contributed by atoms with Crippen LogP contribution < -0.4 is 10.2 Å². The van der Waals surface area contributed by atoms with Gasteiger partial charge < -0.3 is 15.0 Å². The van der Waals surface area contributed by atoms with Gasteiger partial charge in [-0.15, -0.1) is 11.8 Å².